The maximum atomic E-state index is 9.46. The fourth-order valence-corrected chi connectivity index (χ4v) is 9.05. The molecule has 0 atom stereocenters. The predicted molar refractivity (Wildman–Crippen MR) is 246 cm³/mol. The number of aromatic nitrogens is 4. The fourth-order valence-electron chi connectivity index (χ4n) is 9.05. The molecule has 0 saturated heterocycles. The summed E-state index contributed by atoms with van der Waals surface area (Å²) in [4.78, 5) is 4.83. The normalized spacial score (nSPS) is 17.4. The minimum atomic E-state index is -0.691. The first-order valence-electron chi connectivity index (χ1n) is 26.4. The summed E-state index contributed by atoms with van der Waals surface area (Å²) in [5, 5.41) is 1.97. The van der Waals surface area contributed by atoms with Crippen molar-refractivity contribution in [1.82, 2.24) is 14.1 Å². The molecule has 2 aliphatic rings. The van der Waals surface area contributed by atoms with Crippen molar-refractivity contribution in [3.8, 4) is 62.2 Å². The Labute approximate surface area is 395 Å². The van der Waals surface area contributed by atoms with E-state index in [0.717, 1.165) is 57.2 Å². The standard InChI is InChI=1S/C56H48N4O.Pt/c1-54(2,3)36-26-29-57-52(30-36)60-48-23-15-13-21-44(48)45-25-24-37(32-49(45)60)61-38-31-46-53(56(6,7)28-27-55(46,4)5)50(33-38)58-34-51-43-20-11-10-18-41(43)39-16-8-9-17-40(39)42-19-12-14-22-47(42)59(51)35-58;/h8-26,29-31,34H,27-28H2,1-7H3;/q-2;/i8D,9D,10D,11D,12D,14D,16D,17D,18D,19D,20D,22D;. The molecule has 0 unspecified atom stereocenters. The third kappa shape index (κ3) is 6.39. The van der Waals surface area contributed by atoms with Crippen molar-refractivity contribution in [3.63, 3.8) is 0 Å². The maximum absolute atomic E-state index is 9.46. The number of hydrogen-bond donors (Lipinski definition) is 0. The van der Waals surface area contributed by atoms with Crippen LogP contribution < -0.4 is 9.30 Å². The van der Waals surface area contributed by atoms with Gasteiger partial charge in [0.05, 0.1) is 27.8 Å². The van der Waals surface area contributed by atoms with Crippen molar-refractivity contribution in [1.29, 1.82) is 0 Å². The number of nitrogens with zero attached hydrogens (tertiary/aromatic N) is 4. The van der Waals surface area contributed by atoms with E-state index in [-0.39, 0.29) is 65.7 Å². The first-order chi connectivity index (χ1) is 34.3. The van der Waals surface area contributed by atoms with Crippen molar-refractivity contribution in [2.24, 2.45) is 0 Å². The molecule has 5 nitrogen and oxygen atoms in total. The van der Waals surface area contributed by atoms with E-state index >= 15 is 0 Å². The molecule has 0 radical (unpaired) electrons. The van der Waals surface area contributed by atoms with Crippen LogP contribution in [0.1, 0.15) is 94.4 Å². The Bertz CT molecular complexity index is 3810. The topological polar surface area (TPSA) is 35.9 Å². The summed E-state index contributed by atoms with van der Waals surface area (Å²) < 4.78 is 121. The van der Waals surface area contributed by atoms with Gasteiger partial charge in [0.15, 0.2) is 0 Å². The number of imidazole rings is 1. The van der Waals surface area contributed by atoms with E-state index in [1.54, 1.807) is 10.8 Å². The number of pyridine rings is 1. The molecule has 0 spiro atoms. The molecule has 62 heavy (non-hydrogen) atoms. The minimum Gasteiger partial charge on any atom is -0.510 e. The summed E-state index contributed by atoms with van der Waals surface area (Å²) in [7, 11) is 0. The molecule has 0 amide bonds. The molecule has 1 aliphatic carbocycles. The number of benzene rings is 6. The summed E-state index contributed by atoms with van der Waals surface area (Å²) in [5.41, 5.74) is 2.49. The van der Waals surface area contributed by atoms with Gasteiger partial charge in [-0.25, -0.2) is 4.98 Å². The third-order valence-corrected chi connectivity index (χ3v) is 12.4. The van der Waals surface area contributed by atoms with Crippen LogP contribution >= 0.6 is 0 Å². The summed E-state index contributed by atoms with van der Waals surface area (Å²) in [5.74, 6) is 1.45. The Morgan fingerprint density at radius 2 is 1.39 bits per heavy atom. The summed E-state index contributed by atoms with van der Waals surface area (Å²) in [6.07, 6.45) is 8.31. The van der Waals surface area contributed by atoms with Gasteiger partial charge in [-0.2, -0.15) is 6.07 Å². The van der Waals surface area contributed by atoms with E-state index in [1.807, 2.05) is 42.6 Å². The number of rotatable bonds is 4. The first kappa shape index (κ1) is 28.5. The smallest absolute Gasteiger partial charge is 0.267 e. The molecule has 4 heterocycles. The number of para-hydroxylation sites is 2. The van der Waals surface area contributed by atoms with Gasteiger partial charge in [-0.05, 0) is 85.9 Å². The molecule has 6 aromatic carbocycles. The van der Waals surface area contributed by atoms with Crippen LogP contribution in [0.5, 0.6) is 11.5 Å². The zero-order chi connectivity index (χ0) is 52.3. The van der Waals surface area contributed by atoms with Crippen LogP contribution in [0.25, 0.3) is 72.5 Å². The molecule has 0 saturated carbocycles. The van der Waals surface area contributed by atoms with Gasteiger partial charge >= 0.3 is 0 Å². The van der Waals surface area contributed by atoms with Gasteiger partial charge in [0, 0.05) is 50.5 Å². The molecule has 0 fully saturated rings. The van der Waals surface area contributed by atoms with Gasteiger partial charge in [-0.3, -0.25) is 4.57 Å². The predicted octanol–water partition coefficient (Wildman–Crippen LogP) is 13.4. The van der Waals surface area contributed by atoms with Gasteiger partial charge in [-0.15, -0.1) is 40.8 Å². The monoisotopic (exact) mass is 999 g/mol. The fraction of sp³-hybridized carbons (Fsp3) is 0.214. The summed E-state index contributed by atoms with van der Waals surface area (Å²) in [6.45, 7) is 15.1. The van der Waals surface area contributed by atoms with Gasteiger partial charge in [0.2, 0.25) is 0 Å². The van der Waals surface area contributed by atoms with Gasteiger partial charge in [0.25, 0.3) is 6.33 Å². The largest absolute Gasteiger partial charge is 0.510 e. The van der Waals surface area contributed by atoms with Crippen molar-refractivity contribution in [3.05, 3.63) is 175 Å². The summed E-state index contributed by atoms with van der Waals surface area (Å²) >= 11 is 0. The second-order valence-electron chi connectivity index (χ2n) is 18.3. The van der Waals surface area contributed by atoms with Crippen LogP contribution in [0.3, 0.4) is 0 Å². The molecule has 0 bridgehead atoms. The quantitative estimate of drug-likeness (QED) is 0.130. The van der Waals surface area contributed by atoms with Crippen LogP contribution in [0.4, 0.5) is 0 Å². The first-order valence-corrected chi connectivity index (χ1v) is 20.4. The molecular weight excluding hydrogens is 940 g/mol. The zero-order valence-electron chi connectivity index (χ0n) is 47.3. The molecule has 11 rings (SSSR count). The average molecular weight is 1000 g/mol. The van der Waals surface area contributed by atoms with Crippen molar-refractivity contribution in [2.45, 2.75) is 77.6 Å². The van der Waals surface area contributed by atoms with E-state index in [9.17, 15) is 8.22 Å². The molecular formula is C56H48N4OPt-2. The number of hydrogen-bond acceptors (Lipinski definition) is 2. The second-order valence-corrected chi connectivity index (χ2v) is 18.3. The Kier molecular flexibility index (Phi) is 6.69. The van der Waals surface area contributed by atoms with Gasteiger partial charge in [-0.1, -0.05) is 150 Å². The van der Waals surface area contributed by atoms with Crippen molar-refractivity contribution >= 4 is 21.8 Å². The molecule has 310 valence electrons. The molecule has 1 aliphatic heterocycles. The van der Waals surface area contributed by atoms with Crippen molar-refractivity contribution < 1.29 is 46.8 Å². The molecule has 0 N–H and O–H groups in total. The van der Waals surface area contributed by atoms with Gasteiger partial charge < -0.3 is 13.9 Å². The minimum absolute atomic E-state index is 0. The third-order valence-electron chi connectivity index (χ3n) is 12.4. The van der Waals surface area contributed by atoms with Crippen LogP contribution in [-0.2, 0) is 37.3 Å². The Hall–Kier alpha value is -6.03. The van der Waals surface area contributed by atoms with Crippen LogP contribution in [0.2, 0.25) is 0 Å². The average Bonchev–Trinajstić information content (AvgIpc) is 3.93. The molecule has 9 aromatic rings. The number of fused-ring (bicyclic) bond motifs is 12. The van der Waals surface area contributed by atoms with Gasteiger partial charge in [0.1, 0.15) is 5.82 Å². The van der Waals surface area contributed by atoms with Crippen LogP contribution in [0, 0.1) is 18.5 Å². The Morgan fingerprint density at radius 1 is 0.726 bits per heavy atom. The second kappa shape index (κ2) is 14.5. The van der Waals surface area contributed by atoms with E-state index < -0.39 is 83.3 Å². The van der Waals surface area contributed by atoms with Crippen molar-refractivity contribution in [2.75, 3.05) is 0 Å². The van der Waals surface area contributed by atoms with E-state index in [2.05, 4.69) is 89.7 Å². The Balaban J connectivity index is 0.00000626. The van der Waals surface area contributed by atoms with E-state index in [0.29, 0.717) is 17.2 Å². The SMILES string of the molecule is [2H]c1c([2H])c([2H])c2c(c1[2H])-c1c([2H])c([2H])c([2H])c([2H])c1-c1cn(-c3[c-]c(Oc4[c-]c5c(cc4)c4ccccc4n5-c4cc(C(C)(C)C)ccn4)cc4c3C(C)(C)CCC4(C)C)[c-][n+]1-c1c([2H])c([2H])c([2H])c([2H])c1-2.[Pt]. The van der Waals surface area contributed by atoms with E-state index in [1.165, 1.54) is 4.57 Å². The number of ether oxygens (including phenoxy) is 1. The molecule has 3 aromatic heterocycles. The van der Waals surface area contributed by atoms with E-state index in [4.69, 9.17) is 17.9 Å². The zero-order valence-corrected chi connectivity index (χ0v) is 37.6. The Morgan fingerprint density at radius 3 is 2.15 bits per heavy atom. The summed E-state index contributed by atoms with van der Waals surface area (Å²) in [6, 6.07) is 17.7. The maximum Gasteiger partial charge on any atom is 0.267 e. The van der Waals surface area contributed by atoms with Crippen LogP contribution in [0.15, 0.2) is 140 Å². The van der Waals surface area contributed by atoms with Crippen LogP contribution in [-0.4, -0.2) is 14.1 Å². The molecule has 6 heteroatoms.